The van der Waals surface area contributed by atoms with Gasteiger partial charge in [0.05, 0.1) is 11.0 Å². The predicted molar refractivity (Wildman–Crippen MR) is 94.5 cm³/mol. The summed E-state index contributed by atoms with van der Waals surface area (Å²) in [5.74, 6) is -0.228. The first-order valence-corrected chi connectivity index (χ1v) is 7.79. The summed E-state index contributed by atoms with van der Waals surface area (Å²) in [5, 5.41) is 13.7. The molecule has 124 valence electrons. The minimum atomic E-state index is -0.456. The van der Waals surface area contributed by atoms with E-state index in [2.05, 4.69) is 5.32 Å². The smallest absolute Gasteiger partial charge is 0.270 e. The van der Waals surface area contributed by atoms with E-state index in [-0.39, 0.29) is 17.6 Å². The number of nitrogens with zero attached hydrogens (tertiary/aromatic N) is 1. The molecule has 0 radical (unpaired) electrons. The second-order valence-corrected chi connectivity index (χ2v) is 5.57. The molecule has 0 aromatic heterocycles. The number of hydrogen-bond acceptors (Lipinski definition) is 3. The van der Waals surface area contributed by atoms with Gasteiger partial charge >= 0.3 is 0 Å². The van der Waals surface area contributed by atoms with E-state index in [0.717, 1.165) is 12.0 Å². The molecule has 0 bridgehead atoms. The number of aryl methyl sites for hydroxylation is 1. The van der Waals surface area contributed by atoms with Crippen LogP contribution in [0.25, 0.3) is 6.08 Å². The summed E-state index contributed by atoms with van der Waals surface area (Å²) in [6, 6.07) is 14.1. The zero-order valence-electron chi connectivity index (χ0n) is 13.7. The van der Waals surface area contributed by atoms with Crippen molar-refractivity contribution in [3.05, 3.63) is 81.4 Å². The predicted octanol–water partition coefficient (Wildman–Crippen LogP) is 4.18. The fourth-order valence-corrected chi connectivity index (χ4v) is 2.35. The fraction of sp³-hybridized carbons (Fsp3) is 0.211. The van der Waals surface area contributed by atoms with E-state index in [9.17, 15) is 14.9 Å². The average Bonchev–Trinajstić information content (AvgIpc) is 2.59. The van der Waals surface area contributed by atoms with Crippen LogP contribution in [0, 0.1) is 17.0 Å². The summed E-state index contributed by atoms with van der Waals surface area (Å²) in [6.07, 6.45) is 3.75. The van der Waals surface area contributed by atoms with Crippen LogP contribution in [0.1, 0.15) is 36.1 Å². The first-order chi connectivity index (χ1) is 11.5. The van der Waals surface area contributed by atoms with Crippen LogP contribution in [-0.4, -0.2) is 10.8 Å². The number of hydrogen-bond donors (Lipinski definition) is 1. The largest absolute Gasteiger partial charge is 0.346 e. The van der Waals surface area contributed by atoms with Crippen molar-refractivity contribution < 1.29 is 9.72 Å². The molecule has 0 aliphatic rings. The molecule has 0 spiro atoms. The van der Waals surface area contributed by atoms with Crippen molar-refractivity contribution in [2.45, 2.75) is 26.3 Å². The summed E-state index contributed by atoms with van der Waals surface area (Å²) in [5.41, 5.74) is 2.84. The number of nitro benzene ring substituents is 1. The van der Waals surface area contributed by atoms with Gasteiger partial charge in [-0.05, 0) is 30.5 Å². The Morgan fingerprint density at radius 3 is 2.58 bits per heavy atom. The highest BCUT2D eigenvalue weighted by atomic mass is 16.6. The second-order valence-electron chi connectivity index (χ2n) is 5.57. The van der Waals surface area contributed by atoms with Crippen LogP contribution in [0.15, 0.2) is 54.6 Å². The zero-order valence-corrected chi connectivity index (χ0v) is 13.7. The molecule has 0 fully saturated rings. The van der Waals surface area contributed by atoms with Crippen LogP contribution in [0.5, 0.6) is 0 Å². The molecule has 2 aromatic carbocycles. The first kappa shape index (κ1) is 17.4. The molecule has 2 aromatic rings. The van der Waals surface area contributed by atoms with Crippen LogP contribution in [0.3, 0.4) is 0 Å². The highest BCUT2D eigenvalue weighted by Gasteiger charge is 2.11. The molecule has 5 nitrogen and oxygen atoms in total. The Labute approximate surface area is 141 Å². The topological polar surface area (TPSA) is 72.2 Å². The molecule has 2 rings (SSSR count). The third-order valence-corrected chi connectivity index (χ3v) is 3.71. The molecule has 0 aliphatic carbocycles. The Morgan fingerprint density at radius 2 is 1.96 bits per heavy atom. The minimum Gasteiger partial charge on any atom is -0.346 e. The Morgan fingerprint density at radius 1 is 1.25 bits per heavy atom. The lowest BCUT2D eigenvalue weighted by Crippen LogP contribution is -2.26. The summed E-state index contributed by atoms with van der Waals surface area (Å²) in [7, 11) is 0. The molecule has 1 amide bonds. The number of nitrogens with one attached hydrogen (secondary N) is 1. The molecule has 5 heteroatoms. The second kappa shape index (κ2) is 8.06. The molecule has 24 heavy (non-hydrogen) atoms. The van der Waals surface area contributed by atoms with Crippen molar-refractivity contribution in [2.75, 3.05) is 0 Å². The van der Waals surface area contributed by atoms with Crippen molar-refractivity contribution in [2.24, 2.45) is 0 Å². The lowest BCUT2D eigenvalue weighted by atomic mass is 10.0. The lowest BCUT2D eigenvalue weighted by molar-refractivity contribution is -0.384. The van der Waals surface area contributed by atoms with Gasteiger partial charge in [-0.3, -0.25) is 14.9 Å². The summed E-state index contributed by atoms with van der Waals surface area (Å²) < 4.78 is 0. The molecule has 1 N–H and O–H groups in total. The molecule has 1 unspecified atom stereocenters. The Bertz CT molecular complexity index is 751. The van der Waals surface area contributed by atoms with Crippen LogP contribution in [0.2, 0.25) is 0 Å². The fourth-order valence-electron chi connectivity index (χ4n) is 2.35. The number of rotatable bonds is 6. The summed E-state index contributed by atoms with van der Waals surface area (Å²) in [6.45, 7) is 4.03. The third-order valence-electron chi connectivity index (χ3n) is 3.71. The van der Waals surface area contributed by atoms with E-state index in [1.165, 1.54) is 23.8 Å². The Kier molecular flexibility index (Phi) is 5.84. The number of carbonyl (C=O) groups is 1. The normalized spacial score (nSPS) is 12.1. The van der Waals surface area contributed by atoms with Gasteiger partial charge in [0.15, 0.2) is 0 Å². The maximum Gasteiger partial charge on any atom is 0.270 e. The van der Waals surface area contributed by atoms with E-state index in [1.807, 2.05) is 38.1 Å². The standard InChI is InChI=1S/C19H20N2O3/c1-3-18(16-10-7-14(2)8-11-16)20-19(22)12-9-15-5-4-6-17(13-15)21(23)24/h4-13,18H,3H2,1-2H3,(H,20,22)/b12-9+. The van der Waals surface area contributed by atoms with Gasteiger partial charge in [-0.1, -0.05) is 48.9 Å². The number of nitro groups is 1. The Balaban J connectivity index is 2.04. The highest BCUT2D eigenvalue weighted by molar-refractivity contribution is 5.92. The van der Waals surface area contributed by atoms with E-state index in [0.29, 0.717) is 5.56 Å². The van der Waals surface area contributed by atoms with Crippen LogP contribution < -0.4 is 5.32 Å². The maximum absolute atomic E-state index is 12.1. The monoisotopic (exact) mass is 324 g/mol. The van der Waals surface area contributed by atoms with Gasteiger partial charge in [-0.2, -0.15) is 0 Å². The van der Waals surface area contributed by atoms with Crippen molar-refractivity contribution in [1.82, 2.24) is 5.32 Å². The number of carbonyl (C=O) groups excluding carboxylic acids is 1. The molecular formula is C19H20N2O3. The van der Waals surface area contributed by atoms with Crippen molar-refractivity contribution >= 4 is 17.7 Å². The minimum absolute atomic E-state index is 0.00338. The van der Waals surface area contributed by atoms with Crippen molar-refractivity contribution in [3.8, 4) is 0 Å². The van der Waals surface area contributed by atoms with E-state index < -0.39 is 4.92 Å². The number of non-ortho nitro benzene ring substituents is 1. The van der Waals surface area contributed by atoms with Crippen LogP contribution in [-0.2, 0) is 4.79 Å². The molecule has 1 atom stereocenters. The van der Waals surface area contributed by atoms with Gasteiger partial charge in [0.2, 0.25) is 5.91 Å². The van der Waals surface area contributed by atoms with Gasteiger partial charge in [-0.15, -0.1) is 0 Å². The number of benzene rings is 2. The summed E-state index contributed by atoms with van der Waals surface area (Å²) >= 11 is 0. The van der Waals surface area contributed by atoms with E-state index >= 15 is 0 Å². The average molecular weight is 324 g/mol. The van der Waals surface area contributed by atoms with Crippen LogP contribution in [0.4, 0.5) is 5.69 Å². The van der Waals surface area contributed by atoms with E-state index in [1.54, 1.807) is 18.2 Å². The van der Waals surface area contributed by atoms with Gasteiger partial charge in [0.1, 0.15) is 0 Å². The van der Waals surface area contributed by atoms with Gasteiger partial charge in [0.25, 0.3) is 5.69 Å². The summed E-state index contributed by atoms with van der Waals surface area (Å²) in [4.78, 5) is 22.4. The zero-order chi connectivity index (χ0) is 17.5. The van der Waals surface area contributed by atoms with E-state index in [4.69, 9.17) is 0 Å². The highest BCUT2D eigenvalue weighted by Crippen LogP contribution is 2.17. The molecular weight excluding hydrogens is 304 g/mol. The van der Waals surface area contributed by atoms with Gasteiger partial charge in [-0.25, -0.2) is 0 Å². The molecule has 0 aliphatic heterocycles. The van der Waals surface area contributed by atoms with Gasteiger partial charge in [0, 0.05) is 18.2 Å². The SMILES string of the molecule is CCC(NC(=O)/C=C/c1cccc([N+](=O)[O-])c1)c1ccc(C)cc1. The third kappa shape index (κ3) is 4.78. The van der Waals surface area contributed by atoms with Crippen LogP contribution >= 0.6 is 0 Å². The number of amides is 1. The lowest BCUT2D eigenvalue weighted by Gasteiger charge is -2.16. The van der Waals surface area contributed by atoms with Crippen molar-refractivity contribution in [3.63, 3.8) is 0 Å². The molecule has 0 heterocycles. The Hall–Kier alpha value is -2.95. The van der Waals surface area contributed by atoms with Gasteiger partial charge < -0.3 is 5.32 Å². The first-order valence-electron chi connectivity index (χ1n) is 7.79. The van der Waals surface area contributed by atoms with Crippen molar-refractivity contribution in [1.29, 1.82) is 0 Å². The quantitative estimate of drug-likeness (QED) is 0.492. The maximum atomic E-state index is 12.1. The molecule has 0 saturated carbocycles. The molecule has 0 saturated heterocycles.